The van der Waals surface area contributed by atoms with Crippen molar-refractivity contribution in [2.45, 2.75) is 26.8 Å². The van der Waals surface area contributed by atoms with Gasteiger partial charge < -0.3 is 14.2 Å². The Bertz CT molecular complexity index is 915. The number of allylic oxidation sites excluding steroid dienone is 1. The Balaban J connectivity index is 1.65. The van der Waals surface area contributed by atoms with Crippen molar-refractivity contribution in [1.29, 1.82) is 0 Å². The van der Waals surface area contributed by atoms with E-state index >= 15 is 0 Å². The molecule has 0 N–H and O–H groups in total. The fraction of sp³-hybridized carbons (Fsp3) is 0.381. The van der Waals surface area contributed by atoms with Crippen LogP contribution in [-0.4, -0.2) is 37.7 Å². The number of nitrogens with zero attached hydrogens (tertiary/aromatic N) is 1. The molecule has 0 unspecified atom stereocenters. The lowest BCUT2D eigenvalue weighted by atomic mass is 9.99. The Morgan fingerprint density at radius 2 is 2.19 bits per heavy atom. The van der Waals surface area contributed by atoms with Crippen LogP contribution in [0.25, 0.3) is 6.08 Å². The lowest BCUT2D eigenvalue weighted by Gasteiger charge is -2.30. The van der Waals surface area contributed by atoms with E-state index in [1.165, 1.54) is 0 Å². The van der Waals surface area contributed by atoms with E-state index in [0.29, 0.717) is 30.3 Å². The first-order valence-corrected chi connectivity index (χ1v) is 9.95. The summed E-state index contributed by atoms with van der Waals surface area (Å²) in [7, 11) is 1.71. The van der Waals surface area contributed by atoms with E-state index in [0.717, 1.165) is 46.9 Å². The minimum absolute atomic E-state index is 0.0467. The normalized spacial score (nSPS) is 17.6. The van der Waals surface area contributed by atoms with Crippen LogP contribution >= 0.6 is 11.3 Å². The molecule has 0 fully saturated rings. The molecule has 1 aromatic carbocycles. The third-order valence-electron chi connectivity index (χ3n) is 4.97. The molecule has 0 atom stereocenters. The predicted molar refractivity (Wildman–Crippen MR) is 106 cm³/mol. The number of fused-ring (bicyclic) bond motifs is 3. The number of thiophene rings is 1. The highest BCUT2D eigenvalue weighted by Gasteiger charge is 2.35. The molecule has 2 aromatic rings. The molecule has 0 saturated carbocycles. The molecular weight excluding hydrogens is 362 g/mol. The van der Waals surface area contributed by atoms with Crippen molar-refractivity contribution >= 4 is 23.2 Å². The van der Waals surface area contributed by atoms with E-state index in [-0.39, 0.29) is 5.78 Å². The minimum Gasteiger partial charge on any atom is -0.478 e. The van der Waals surface area contributed by atoms with Gasteiger partial charge in [0.05, 0.1) is 11.1 Å². The summed E-state index contributed by atoms with van der Waals surface area (Å²) < 4.78 is 17.2. The third-order valence-corrected chi connectivity index (χ3v) is 5.94. The number of methoxy groups -OCH3 is 1. The second-order valence-electron chi connectivity index (χ2n) is 6.95. The Kier molecular flexibility index (Phi) is 5.04. The van der Waals surface area contributed by atoms with Gasteiger partial charge in [0.25, 0.3) is 0 Å². The number of ketones is 1. The van der Waals surface area contributed by atoms with Gasteiger partial charge in [-0.3, -0.25) is 9.69 Å². The molecule has 6 heteroatoms. The summed E-state index contributed by atoms with van der Waals surface area (Å²) in [4.78, 5) is 16.2. The molecule has 0 radical (unpaired) electrons. The van der Waals surface area contributed by atoms with Crippen molar-refractivity contribution in [3.8, 4) is 11.5 Å². The van der Waals surface area contributed by atoms with Crippen molar-refractivity contribution in [3.63, 3.8) is 0 Å². The van der Waals surface area contributed by atoms with Crippen LogP contribution in [0.1, 0.15) is 38.3 Å². The second kappa shape index (κ2) is 7.46. The van der Waals surface area contributed by atoms with Crippen LogP contribution in [0.4, 0.5) is 0 Å². The fourth-order valence-corrected chi connectivity index (χ4v) is 4.35. The first-order valence-electron chi connectivity index (χ1n) is 9.07. The monoisotopic (exact) mass is 385 g/mol. The van der Waals surface area contributed by atoms with Gasteiger partial charge in [-0.25, -0.2) is 0 Å². The average molecular weight is 385 g/mol. The highest BCUT2D eigenvalue weighted by Crippen LogP contribution is 2.44. The molecule has 0 amide bonds. The van der Waals surface area contributed by atoms with Crippen LogP contribution in [0, 0.1) is 13.8 Å². The number of aryl methyl sites for hydroxylation is 2. The zero-order valence-corrected chi connectivity index (χ0v) is 16.6. The second-order valence-corrected chi connectivity index (χ2v) is 7.90. The highest BCUT2D eigenvalue weighted by molar-refractivity contribution is 7.11. The third kappa shape index (κ3) is 3.40. The zero-order chi connectivity index (χ0) is 19.0. The van der Waals surface area contributed by atoms with Crippen LogP contribution in [0.3, 0.4) is 0 Å². The number of carbonyl (C=O) groups is 1. The highest BCUT2D eigenvalue weighted by atomic mass is 32.1. The van der Waals surface area contributed by atoms with Crippen molar-refractivity contribution in [1.82, 2.24) is 4.90 Å². The van der Waals surface area contributed by atoms with Gasteiger partial charge in [0.1, 0.15) is 18.2 Å². The van der Waals surface area contributed by atoms with Crippen LogP contribution in [-0.2, 0) is 11.3 Å². The SMILES string of the molecule is COCCCN1COc2cc(C)c3c(c2C1)O/C(=C\c1sccc1C)C3=O. The van der Waals surface area contributed by atoms with E-state index in [9.17, 15) is 4.79 Å². The summed E-state index contributed by atoms with van der Waals surface area (Å²) in [6.45, 7) is 6.82. The number of carbonyl (C=O) groups excluding carboxylic acids is 1. The molecule has 0 saturated heterocycles. The van der Waals surface area contributed by atoms with Crippen molar-refractivity contribution in [3.05, 3.63) is 50.4 Å². The van der Waals surface area contributed by atoms with Gasteiger partial charge in [-0.15, -0.1) is 11.3 Å². The summed E-state index contributed by atoms with van der Waals surface area (Å²) in [5.41, 5.74) is 3.66. The number of ether oxygens (including phenoxy) is 3. The van der Waals surface area contributed by atoms with Crippen LogP contribution in [0.15, 0.2) is 23.3 Å². The number of hydrogen-bond acceptors (Lipinski definition) is 6. The first kappa shape index (κ1) is 18.2. The van der Waals surface area contributed by atoms with Gasteiger partial charge in [0.2, 0.25) is 5.78 Å². The van der Waals surface area contributed by atoms with Gasteiger partial charge in [-0.05, 0) is 48.9 Å². The number of benzene rings is 1. The summed E-state index contributed by atoms with van der Waals surface area (Å²) in [5, 5.41) is 2.02. The maximum Gasteiger partial charge on any atom is 0.232 e. The zero-order valence-electron chi connectivity index (χ0n) is 15.8. The van der Waals surface area contributed by atoms with Crippen molar-refractivity contribution in [2.24, 2.45) is 0 Å². The average Bonchev–Trinajstić information content (AvgIpc) is 3.20. The molecule has 27 heavy (non-hydrogen) atoms. The van der Waals surface area contributed by atoms with Gasteiger partial charge >= 0.3 is 0 Å². The van der Waals surface area contributed by atoms with E-state index in [1.807, 2.05) is 37.4 Å². The number of hydrogen-bond donors (Lipinski definition) is 0. The Labute approximate surface area is 163 Å². The molecule has 5 nitrogen and oxygen atoms in total. The van der Waals surface area contributed by atoms with Crippen LogP contribution in [0.5, 0.6) is 11.5 Å². The fourth-order valence-electron chi connectivity index (χ4n) is 3.50. The van der Waals surface area contributed by atoms with E-state index in [4.69, 9.17) is 14.2 Å². The molecule has 0 spiro atoms. The largest absolute Gasteiger partial charge is 0.478 e. The summed E-state index contributed by atoms with van der Waals surface area (Å²) >= 11 is 1.61. The maximum absolute atomic E-state index is 13.0. The molecule has 4 rings (SSSR count). The van der Waals surface area contributed by atoms with E-state index < -0.39 is 0 Å². The van der Waals surface area contributed by atoms with Gasteiger partial charge in [-0.2, -0.15) is 0 Å². The molecule has 0 aliphatic carbocycles. The smallest absolute Gasteiger partial charge is 0.232 e. The molecular formula is C21H23NO4S. The molecule has 142 valence electrons. The van der Waals surface area contributed by atoms with Gasteiger partial charge in [0.15, 0.2) is 5.76 Å². The minimum atomic E-state index is -0.0467. The van der Waals surface area contributed by atoms with Gasteiger partial charge in [0, 0.05) is 37.8 Å². The standard InChI is InChI=1S/C21H23NO4S/c1-13-5-8-27-18(13)10-17-20(23)19-14(2)9-16-15(21(19)26-17)11-22(12-25-16)6-4-7-24-3/h5,8-10H,4,6-7,11-12H2,1-3H3/b17-10-. The molecule has 2 aliphatic heterocycles. The van der Waals surface area contributed by atoms with E-state index in [2.05, 4.69) is 4.90 Å². The van der Waals surface area contributed by atoms with E-state index in [1.54, 1.807) is 18.4 Å². The summed E-state index contributed by atoms with van der Waals surface area (Å²) in [5.74, 6) is 1.82. The molecule has 2 aliphatic rings. The summed E-state index contributed by atoms with van der Waals surface area (Å²) in [6.07, 6.45) is 2.79. The van der Waals surface area contributed by atoms with Gasteiger partial charge in [-0.1, -0.05) is 0 Å². The Hall–Kier alpha value is -2.15. The summed E-state index contributed by atoms with van der Waals surface area (Å²) in [6, 6.07) is 4.00. The van der Waals surface area contributed by atoms with Crippen molar-refractivity contribution in [2.75, 3.05) is 27.0 Å². The Morgan fingerprint density at radius 1 is 1.33 bits per heavy atom. The van der Waals surface area contributed by atoms with Crippen LogP contribution in [0.2, 0.25) is 0 Å². The van der Waals surface area contributed by atoms with Crippen LogP contribution < -0.4 is 9.47 Å². The lowest BCUT2D eigenvalue weighted by Crippen LogP contribution is -2.33. The maximum atomic E-state index is 13.0. The molecule has 1 aromatic heterocycles. The first-order chi connectivity index (χ1) is 13.1. The number of Topliss-reactive ketones (excluding diaryl/α,β-unsaturated/α-hetero) is 1. The molecule has 3 heterocycles. The molecule has 0 bridgehead atoms. The lowest BCUT2D eigenvalue weighted by molar-refractivity contribution is 0.0822. The Morgan fingerprint density at radius 3 is 2.93 bits per heavy atom. The topological polar surface area (TPSA) is 48.0 Å². The predicted octanol–water partition coefficient (Wildman–Crippen LogP) is 4.17. The number of rotatable bonds is 5. The van der Waals surface area contributed by atoms with Crippen molar-refractivity contribution < 1.29 is 19.0 Å². The quantitative estimate of drug-likeness (QED) is 0.571.